The minimum atomic E-state index is -0.531. The molecule has 109 heavy (non-hydrogen) atoms. The van der Waals surface area contributed by atoms with Crippen molar-refractivity contribution in [3.8, 4) is 0 Å². The summed E-state index contributed by atoms with van der Waals surface area (Å²) in [6.45, 7) is 32.0. The van der Waals surface area contributed by atoms with Gasteiger partial charge in [0.15, 0.2) is 0 Å². The number of pyridine rings is 4. The Kier molecular flexibility index (Phi) is 34.4. The van der Waals surface area contributed by atoms with Gasteiger partial charge in [-0.1, -0.05) is 24.8 Å². The normalized spacial score (nSPS) is 16.8. The standard InChI is InChI=1S/C20H28N4O4.C18H22N4O3.C15H20N4O2.C10H9ClN2O2.C10H20N2O2.C3H3ClO.ClH/c1-5-27-18(25)15-11-22-17-14(8-9-21-17)16(15)23-13-7-6-10-24(12-13)19(26)28-20(2,3)4;1-3-15(23)22-9-5-6-12(11-22)21-16-13-7-8-19-17(13)20-10-14(16)18(24)25-4-2;1-2-21-15(20)12-9-18-14-11(5-7-17-14)13(12)19-10-4-3-6-16-8-10;1-2-15-10(14)7-5-13-9-6(8(7)11)3-4-12-9;1-10(2,3)14-9(13)12-6-4-5-8(11)7-12;1-2-3(4)5;/h8-9,11,13H,5-7,10,12H2,1-4H3,(H2,21,22,23);3,7-8,10,12H,1,4-6,9,11H2,2H3,(H2,19,20,21);5,7,9-10,16H,2-4,6,8H2,1H3,(H2,17,18,19);3-5H,2H2,1H3,(H,12,13);8H,4-7,11H2,1-3H3;2H,1H2;1H/t13-;12-;10-;;8-;;/m111.1../s1. The number of nitrogens with zero attached hydrogens (tertiary/aromatic N) is 7. The van der Waals surface area contributed by atoms with Crippen LogP contribution in [0, 0.1) is 0 Å². The van der Waals surface area contributed by atoms with Gasteiger partial charge in [-0.3, -0.25) is 9.59 Å². The lowest BCUT2D eigenvalue weighted by molar-refractivity contribution is -0.127. The number of piperidine rings is 4. The quantitative estimate of drug-likeness (QED) is 0.0188. The monoisotopic (exact) mass is 1570 g/mol. The summed E-state index contributed by atoms with van der Waals surface area (Å²) in [6.07, 6.45) is 22.7. The van der Waals surface area contributed by atoms with Crippen LogP contribution in [0.1, 0.15) is 162 Å². The van der Waals surface area contributed by atoms with Crippen molar-refractivity contribution in [1.29, 1.82) is 0 Å². The van der Waals surface area contributed by atoms with Crippen molar-refractivity contribution >= 4 is 144 Å². The van der Waals surface area contributed by atoms with Gasteiger partial charge in [0.25, 0.3) is 0 Å². The number of amides is 3. The molecule has 4 aliphatic rings. The first kappa shape index (κ1) is 87.9. The van der Waals surface area contributed by atoms with E-state index in [1.807, 2.05) is 65.9 Å². The van der Waals surface area contributed by atoms with Gasteiger partial charge in [-0.25, -0.2) is 48.7 Å². The number of anilines is 3. The predicted octanol–water partition coefficient (Wildman–Crippen LogP) is 12.9. The zero-order valence-corrected chi connectivity index (χ0v) is 65.9. The number of halogens is 3. The van der Waals surface area contributed by atoms with Gasteiger partial charge in [-0.05, 0) is 175 Å². The third-order valence-corrected chi connectivity index (χ3v) is 17.4. The maximum absolute atomic E-state index is 12.4. The van der Waals surface area contributed by atoms with Crippen LogP contribution in [0.2, 0.25) is 5.02 Å². The van der Waals surface area contributed by atoms with E-state index in [-0.39, 0.29) is 54.6 Å². The molecule has 12 rings (SSSR count). The Balaban J connectivity index is 0.000000213. The Morgan fingerprint density at radius 3 is 1.22 bits per heavy atom. The summed E-state index contributed by atoms with van der Waals surface area (Å²) >= 11 is 10.8. The molecule has 8 aromatic heterocycles. The lowest BCUT2D eigenvalue weighted by atomic mass is 10.0. The number of esters is 4. The fourth-order valence-corrected chi connectivity index (χ4v) is 12.3. The molecule has 4 saturated heterocycles. The molecule has 4 aliphatic heterocycles. The molecular weight excluding hydrogens is 1470 g/mol. The molecule has 592 valence electrons. The third-order valence-electron chi connectivity index (χ3n) is 16.9. The van der Waals surface area contributed by atoms with Crippen molar-refractivity contribution in [2.75, 3.05) is 94.7 Å². The molecule has 8 aromatic rings. The first-order chi connectivity index (χ1) is 51.6. The third kappa shape index (κ3) is 26.1. The highest BCUT2D eigenvalue weighted by molar-refractivity contribution is 6.66. The number of likely N-dealkylation sites (tertiary alicyclic amines) is 3. The van der Waals surface area contributed by atoms with Crippen molar-refractivity contribution in [2.24, 2.45) is 5.73 Å². The number of hydrogen-bond donors (Lipinski definition) is 9. The summed E-state index contributed by atoms with van der Waals surface area (Å²) in [7, 11) is 0. The Morgan fingerprint density at radius 2 is 0.853 bits per heavy atom. The largest absolute Gasteiger partial charge is 0.462 e. The van der Waals surface area contributed by atoms with Crippen LogP contribution in [-0.4, -0.2) is 216 Å². The van der Waals surface area contributed by atoms with Gasteiger partial charge in [-0.2, -0.15) is 0 Å². The zero-order valence-electron chi connectivity index (χ0n) is 63.5. The maximum Gasteiger partial charge on any atom is 0.410 e. The van der Waals surface area contributed by atoms with Crippen LogP contribution >= 0.6 is 35.6 Å². The number of aromatic amines is 4. The molecular formula is C76H103Cl3N16O14. The fourth-order valence-electron chi connectivity index (χ4n) is 12.0. The highest BCUT2D eigenvalue weighted by atomic mass is 35.5. The van der Waals surface area contributed by atoms with E-state index >= 15 is 0 Å². The number of fused-ring (bicyclic) bond motifs is 4. The van der Waals surface area contributed by atoms with E-state index in [2.05, 4.69) is 74.3 Å². The molecule has 12 heterocycles. The van der Waals surface area contributed by atoms with E-state index in [9.17, 15) is 38.4 Å². The van der Waals surface area contributed by atoms with Gasteiger partial charge in [-0.15, -0.1) is 12.4 Å². The van der Waals surface area contributed by atoms with E-state index in [4.69, 9.17) is 57.4 Å². The average molecular weight is 1570 g/mol. The number of carbonyl (C=O) groups excluding carboxylic acids is 8. The summed E-state index contributed by atoms with van der Waals surface area (Å²) in [4.78, 5) is 128. The lowest BCUT2D eigenvalue weighted by Crippen LogP contribution is -2.47. The van der Waals surface area contributed by atoms with Crippen molar-refractivity contribution in [2.45, 2.75) is 156 Å². The SMILES string of the molecule is C=CC(=O)Cl.C=CC(=O)N1CCC[C@@H](Nc2c(C(=O)OCC)cnc3[nH]ccc23)C1.CC(C)(C)OC(=O)N1CCC[C@@H](N)C1.CCOC(=O)c1cnc2[nH]ccc2c1Cl.CCOC(=O)c1cnc2[nH]ccc2c1N[C@@H]1CCCN(C(=O)OC(C)(C)C)C1.CCOC(=O)c1cnc2[nH]ccc2c1N[C@@H]1CCCNC1.Cl. The second kappa shape index (κ2) is 42.7. The highest BCUT2D eigenvalue weighted by Crippen LogP contribution is 2.33. The fraction of sp³-hybridized carbons (Fsp3) is 0.474. The average Bonchev–Trinajstić information content (AvgIpc) is 1.74. The highest BCUT2D eigenvalue weighted by Gasteiger charge is 2.32. The Labute approximate surface area is 650 Å². The molecule has 0 aliphatic carbocycles. The van der Waals surface area contributed by atoms with E-state index in [1.165, 1.54) is 24.7 Å². The van der Waals surface area contributed by atoms with E-state index in [1.54, 1.807) is 73.2 Å². The summed E-state index contributed by atoms with van der Waals surface area (Å²) in [5.74, 6) is -1.67. The van der Waals surface area contributed by atoms with Crippen molar-refractivity contribution < 1.29 is 66.8 Å². The summed E-state index contributed by atoms with van der Waals surface area (Å²) in [6, 6.07) is 7.92. The number of rotatable bonds is 16. The number of hydrogen-bond acceptors (Lipinski definition) is 23. The molecule has 0 unspecified atom stereocenters. The van der Waals surface area contributed by atoms with Gasteiger partial charge in [0, 0.05) is 141 Å². The second-order valence-electron chi connectivity index (χ2n) is 27.4. The summed E-state index contributed by atoms with van der Waals surface area (Å²) in [5.41, 5.74) is 11.4. The van der Waals surface area contributed by atoms with Crippen molar-refractivity contribution in [1.82, 2.24) is 59.9 Å². The van der Waals surface area contributed by atoms with Crippen molar-refractivity contribution in [3.05, 3.63) is 126 Å². The van der Waals surface area contributed by atoms with Crippen LogP contribution in [-0.2, 0) is 38.0 Å². The second-order valence-corrected chi connectivity index (χ2v) is 28.1. The van der Waals surface area contributed by atoms with Crippen LogP contribution in [0.5, 0.6) is 0 Å². The first-order valence-corrected chi connectivity index (χ1v) is 37.0. The molecule has 10 N–H and O–H groups in total. The molecule has 0 radical (unpaired) electrons. The molecule has 3 amide bonds. The van der Waals surface area contributed by atoms with E-state index < -0.39 is 34.4 Å². The molecule has 30 nitrogen and oxygen atoms in total. The molecule has 0 saturated carbocycles. The number of nitrogens with one attached hydrogen (secondary N) is 8. The zero-order chi connectivity index (χ0) is 78.7. The van der Waals surface area contributed by atoms with Gasteiger partial charge >= 0.3 is 36.1 Å². The van der Waals surface area contributed by atoms with Gasteiger partial charge in [0.05, 0.1) is 54.1 Å². The van der Waals surface area contributed by atoms with Crippen molar-refractivity contribution in [3.63, 3.8) is 0 Å². The van der Waals surface area contributed by atoms with E-state index in [0.717, 1.165) is 117 Å². The number of carbonyl (C=O) groups is 8. The number of ether oxygens (including phenoxy) is 6. The predicted molar refractivity (Wildman–Crippen MR) is 424 cm³/mol. The van der Waals surface area contributed by atoms with Crippen LogP contribution < -0.4 is 27.0 Å². The number of allylic oxidation sites excluding steroid dienone is 1. The lowest BCUT2D eigenvalue weighted by Gasteiger charge is -2.35. The molecule has 0 spiro atoms. The Hall–Kier alpha value is -10.0. The van der Waals surface area contributed by atoms with E-state index in [0.29, 0.717) is 114 Å². The van der Waals surface area contributed by atoms with Gasteiger partial charge in [0.1, 0.15) is 50.5 Å². The smallest absolute Gasteiger partial charge is 0.410 e. The number of H-pyrrole nitrogens is 4. The molecule has 4 atom stereocenters. The Bertz CT molecular complexity index is 4370. The maximum atomic E-state index is 12.4. The Morgan fingerprint density at radius 1 is 0.514 bits per heavy atom. The topological polar surface area (TPSA) is 391 Å². The van der Waals surface area contributed by atoms with Crippen LogP contribution in [0.25, 0.3) is 44.1 Å². The summed E-state index contributed by atoms with van der Waals surface area (Å²) in [5, 5.41) is 16.9. The van der Waals surface area contributed by atoms with Crippen LogP contribution in [0.3, 0.4) is 0 Å². The molecule has 33 heteroatoms. The number of nitrogens with two attached hydrogens (primary N) is 1. The van der Waals surface area contributed by atoms with Gasteiger partial charge in [0.2, 0.25) is 11.1 Å². The van der Waals surface area contributed by atoms with Crippen LogP contribution in [0.15, 0.2) is 99.2 Å². The van der Waals surface area contributed by atoms with Gasteiger partial charge < -0.3 is 90.1 Å². The minimum Gasteiger partial charge on any atom is -0.462 e. The first-order valence-electron chi connectivity index (χ1n) is 36.2. The summed E-state index contributed by atoms with van der Waals surface area (Å²) < 4.78 is 31.1. The molecule has 4 fully saturated rings. The van der Waals surface area contributed by atoms with Crippen LogP contribution in [0.4, 0.5) is 26.7 Å². The molecule has 0 aromatic carbocycles. The number of aromatic nitrogens is 8. The minimum absolute atomic E-state index is 0. The molecule has 0 bridgehead atoms.